The van der Waals surface area contributed by atoms with Crippen molar-refractivity contribution < 1.29 is 18.3 Å². The van der Waals surface area contributed by atoms with Crippen LogP contribution in [-0.2, 0) is 0 Å². The molecule has 0 radical (unpaired) electrons. The number of rotatable bonds is 3. The zero-order chi connectivity index (χ0) is 22.7. The molecule has 1 N–H and O–H groups in total. The molecule has 3 aromatic heterocycles. The van der Waals surface area contributed by atoms with Gasteiger partial charge in [-0.2, -0.15) is 14.9 Å². The van der Waals surface area contributed by atoms with E-state index in [0.29, 0.717) is 27.2 Å². The van der Waals surface area contributed by atoms with Crippen molar-refractivity contribution in [2.75, 3.05) is 18.0 Å². The Morgan fingerprint density at radius 2 is 2.03 bits per heavy atom. The van der Waals surface area contributed by atoms with E-state index >= 15 is 4.39 Å². The predicted molar refractivity (Wildman–Crippen MR) is 111 cm³/mol. The highest BCUT2D eigenvalue weighted by atomic mass is 35.5. The van der Waals surface area contributed by atoms with Crippen LogP contribution >= 0.6 is 11.6 Å². The Kier molecular flexibility index (Phi) is 4.69. The van der Waals surface area contributed by atoms with Gasteiger partial charge in [0.05, 0.1) is 23.5 Å². The predicted octanol–water partition coefficient (Wildman–Crippen LogP) is 4.04. The van der Waals surface area contributed by atoms with Crippen molar-refractivity contribution in [1.82, 2.24) is 19.6 Å². The Morgan fingerprint density at radius 1 is 1.28 bits per heavy atom. The summed E-state index contributed by atoms with van der Waals surface area (Å²) in [6, 6.07) is 6.56. The summed E-state index contributed by atoms with van der Waals surface area (Å²) in [4.78, 5) is 10.1. The monoisotopic (exact) mass is 458 g/mol. The average Bonchev–Trinajstić information content (AvgIpc) is 3.09. The fourth-order valence-corrected chi connectivity index (χ4v) is 4.19. The van der Waals surface area contributed by atoms with Gasteiger partial charge in [0, 0.05) is 34.6 Å². The summed E-state index contributed by atoms with van der Waals surface area (Å²) in [5.74, 6) is -0.379. The lowest BCUT2D eigenvalue weighted by atomic mass is 9.98. The number of benzene rings is 1. The molecular weight excluding hydrogens is 445 g/mol. The van der Waals surface area contributed by atoms with Crippen molar-refractivity contribution in [3.63, 3.8) is 0 Å². The molecule has 0 aliphatic carbocycles. The molecule has 7 nitrogen and oxygen atoms in total. The molecule has 1 fully saturated rings. The van der Waals surface area contributed by atoms with Crippen LogP contribution in [0.15, 0.2) is 24.4 Å². The zero-order valence-electron chi connectivity index (χ0n) is 16.5. The van der Waals surface area contributed by atoms with Gasteiger partial charge in [-0.1, -0.05) is 17.7 Å². The molecule has 162 valence electrons. The van der Waals surface area contributed by atoms with E-state index in [1.54, 1.807) is 36.1 Å². The number of pyridine rings is 1. The van der Waals surface area contributed by atoms with Gasteiger partial charge in [-0.25, -0.2) is 18.2 Å². The van der Waals surface area contributed by atoms with Crippen molar-refractivity contribution in [3.8, 4) is 17.2 Å². The molecule has 0 spiro atoms. The zero-order valence-corrected chi connectivity index (χ0v) is 17.3. The highest BCUT2D eigenvalue weighted by molar-refractivity contribution is 6.31. The first kappa shape index (κ1) is 20.5. The van der Waals surface area contributed by atoms with Crippen LogP contribution in [0.2, 0.25) is 5.02 Å². The number of fused-ring (bicyclic) bond motifs is 2. The summed E-state index contributed by atoms with van der Waals surface area (Å²) < 4.78 is 43.5. The van der Waals surface area contributed by atoms with Crippen molar-refractivity contribution in [2.24, 2.45) is 0 Å². The molecule has 4 heterocycles. The summed E-state index contributed by atoms with van der Waals surface area (Å²) in [5.41, 5.74) is 0.116. The molecule has 5 rings (SSSR count). The molecule has 11 heteroatoms. The first-order valence-corrected chi connectivity index (χ1v) is 9.96. The standard InChI is InChI=1S/C21H14ClF3N6O/c1-9-16(17-12-3-2-10(22)4-15(12)27-6-14(17)23)21(30-7-11(32)8-30)31-20(28-9)13(5-26)18(29-31)19(24)25/h2-4,6,11,19,32H,7-8H2,1H3. The Labute approximate surface area is 184 Å². The van der Waals surface area contributed by atoms with Crippen molar-refractivity contribution in [3.05, 3.63) is 52.2 Å². The molecule has 0 unspecified atom stereocenters. The van der Waals surface area contributed by atoms with E-state index in [4.69, 9.17) is 11.6 Å². The van der Waals surface area contributed by atoms with Gasteiger partial charge in [0.1, 0.15) is 29.0 Å². The van der Waals surface area contributed by atoms with Crippen LogP contribution in [0.25, 0.3) is 27.7 Å². The topological polar surface area (TPSA) is 90.3 Å². The molecule has 1 aromatic carbocycles. The van der Waals surface area contributed by atoms with Crippen LogP contribution in [0.3, 0.4) is 0 Å². The number of aliphatic hydroxyl groups excluding tert-OH is 1. The van der Waals surface area contributed by atoms with Crippen LogP contribution in [0.1, 0.15) is 23.4 Å². The second-order valence-corrected chi connectivity index (χ2v) is 7.94. The Morgan fingerprint density at radius 3 is 2.69 bits per heavy atom. The van der Waals surface area contributed by atoms with E-state index in [0.717, 1.165) is 10.7 Å². The smallest absolute Gasteiger partial charge is 0.283 e. The third kappa shape index (κ3) is 2.97. The van der Waals surface area contributed by atoms with Crippen LogP contribution in [0.4, 0.5) is 19.0 Å². The molecule has 0 bridgehead atoms. The van der Waals surface area contributed by atoms with Gasteiger partial charge in [-0.3, -0.25) is 4.98 Å². The Balaban J connectivity index is 1.92. The largest absolute Gasteiger partial charge is 0.389 e. The number of aromatic nitrogens is 4. The number of alkyl halides is 2. The third-order valence-electron chi connectivity index (χ3n) is 5.46. The number of aryl methyl sites for hydroxylation is 1. The molecule has 1 aliphatic rings. The summed E-state index contributed by atoms with van der Waals surface area (Å²) in [6.07, 6.45) is -2.57. The molecular formula is C21H14ClF3N6O. The maximum Gasteiger partial charge on any atom is 0.283 e. The summed E-state index contributed by atoms with van der Waals surface area (Å²) in [7, 11) is 0. The minimum atomic E-state index is -2.99. The van der Waals surface area contributed by atoms with Crippen molar-refractivity contribution >= 4 is 34.0 Å². The Bertz CT molecular complexity index is 1440. The third-order valence-corrected chi connectivity index (χ3v) is 5.70. The molecule has 0 atom stereocenters. The van der Waals surface area contributed by atoms with E-state index in [-0.39, 0.29) is 35.7 Å². The van der Waals surface area contributed by atoms with Crippen molar-refractivity contribution in [2.45, 2.75) is 19.5 Å². The molecule has 0 saturated carbocycles. The fourth-order valence-electron chi connectivity index (χ4n) is 4.03. The van der Waals surface area contributed by atoms with E-state index < -0.39 is 24.0 Å². The first-order valence-electron chi connectivity index (χ1n) is 9.58. The van der Waals surface area contributed by atoms with Crippen LogP contribution in [-0.4, -0.2) is 43.9 Å². The number of anilines is 1. The minimum Gasteiger partial charge on any atom is -0.389 e. The number of hydrogen-bond donors (Lipinski definition) is 1. The number of nitriles is 1. The molecule has 32 heavy (non-hydrogen) atoms. The second-order valence-electron chi connectivity index (χ2n) is 7.51. The number of aliphatic hydroxyl groups is 1. The number of nitrogens with zero attached hydrogens (tertiary/aromatic N) is 6. The van der Waals surface area contributed by atoms with Gasteiger partial charge in [0.15, 0.2) is 5.65 Å². The molecule has 1 saturated heterocycles. The van der Waals surface area contributed by atoms with Gasteiger partial charge in [0.25, 0.3) is 6.43 Å². The second kappa shape index (κ2) is 7.32. The van der Waals surface area contributed by atoms with Crippen LogP contribution in [0.5, 0.6) is 0 Å². The fraction of sp³-hybridized carbons (Fsp3) is 0.238. The van der Waals surface area contributed by atoms with E-state index in [2.05, 4.69) is 15.1 Å². The summed E-state index contributed by atoms with van der Waals surface area (Å²) in [6.45, 7) is 1.98. The summed E-state index contributed by atoms with van der Waals surface area (Å²) >= 11 is 6.06. The number of halogens is 4. The lowest BCUT2D eigenvalue weighted by molar-refractivity contribution is 0.140. The minimum absolute atomic E-state index is 0.0535. The van der Waals surface area contributed by atoms with Crippen LogP contribution < -0.4 is 4.90 Å². The van der Waals surface area contributed by atoms with E-state index in [9.17, 15) is 19.1 Å². The number of hydrogen-bond acceptors (Lipinski definition) is 6. The van der Waals surface area contributed by atoms with Gasteiger partial charge in [0.2, 0.25) is 0 Å². The van der Waals surface area contributed by atoms with Crippen molar-refractivity contribution in [1.29, 1.82) is 5.26 Å². The SMILES string of the molecule is Cc1nc2c(C#N)c(C(F)F)nn2c(N2CC(O)C2)c1-c1c(F)cnc2cc(Cl)ccc12. The number of β-amino-alcohol motifs (C(OH)–C–C–N with tert-alkyl or cyclic N) is 1. The highest BCUT2D eigenvalue weighted by Crippen LogP contribution is 2.41. The van der Waals surface area contributed by atoms with E-state index in [1.807, 2.05) is 0 Å². The maximum absolute atomic E-state index is 15.2. The highest BCUT2D eigenvalue weighted by Gasteiger charge is 2.34. The molecule has 0 amide bonds. The maximum atomic E-state index is 15.2. The summed E-state index contributed by atoms with van der Waals surface area (Å²) in [5, 5.41) is 24.2. The quantitative estimate of drug-likeness (QED) is 0.498. The van der Waals surface area contributed by atoms with Crippen LogP contribution in [0, 0.1) is 24.1 Å². The lowest BCUT2D eigenvalue weighted by Crippen LogP contribution is -2.52. The van der Waals surface area contributed by atoms with Gasteiger partial charge < -0.3 is 10.0 Å². The first-order chi connectivity index (χ1) is 15.3. The molecule has 1 aliphatic heterocycles. The normalized spacial score (nSPS) is 14.4. The lowest BCUT2D eigenvalue weighted by Gasteiger charge is -2.39. The average molecular weight is 459 g/mol. The molecule has 4 aromatic rings. The van der Waals surface area contributed by atoms with E-state index in [1.165, 1.54) is 0 Å². The van der Waals surface area contributed by atoms with Gasteiger partial charge in [-0.05, 0) is 19.1 Å². The van der Waals surface area contributed by atoms with Gasteiger partial charge in [-0.15, -0.1) is 0 Å². The van der Waals surface area contributed by atoms with Gasteiger partial charge >= 0.3 is 0 Å². The Hall–Kier alpha value is -3.42.